The highest BCUT2D eigenvalue weighted by molar-refractivity contribution is 5.26. The smallest absolute Gasteiger partial charge is 0.126 e. The molecule has 1 aromatic rings. The molecule has 0 amide bonds. The van der Waals surface area contributed by atoms with Gasteiger partial charge in [0.25, 0.3) is 0 Å². The third-order valence-corrected chi connectivity index (χ3v) is 2.67. The molecule has 0 aliphatic rings. The molecule has 0 fully saturated rings. The molecule has 0 spiro atoms. The number of hydrogen-bond donors (Lipinski definition) is 1. The van der Waals surface area contributed by atoms with Gasteiger partial charge in [0, 0.05) is 6.04 Å². The summed E-state index contributed by atoms with van der Waals surface area (Å²) >= 11 is 0. The predicted molar refractivity (Wildman–Crippen MR) is 62.1 cm³/mol. The molecule has 0 bridgehead atoms. The van der Waals surface area contributed by atoms with Crippen LogP contribution < -0.4 is 5.73 Å². The minimum absolute atomic E-state index is 0.0340. The summed E-state index contributed by atoms with van der Waals surface area (Å²) in [5.41, 5.74) is 7.75. The summed E-state index contributed by atoms with van der Waals surface area (Å²) in [6, 6.07) is 5.17. The van der Waals surface area contributed by atoms with E-state index in [1.165, 1.54) is 6.07 Å². The molecular formula is C13H20FN. The lowest BCUT2D eigenvalue weighted by atomic mass is 9.97. The van der Waals surface area contributed by atoms with Crippen LogP contribution in [0, 0.1) is 18.7 Å². The fraction of sp³-hybridized carbons (Fsp3) is 0.538. The third kappa shape index (κ3) is 3.63. The van der Waals surface area contributed by atoms with Crippen LogP contribution in [0.2, 0.25) is 0 Å². The molecule has 0 aromatic heterocycles. The zero-order valence-electron chi connectivity index (χ0n) is 9.76. The SMILES string of the molecule is Cc1cc(C(N)CCC(C)C)ccc1F. The van der Waals surface area contributed by atoms with Crippen molar-refractivity contribution >= 4 is 0 Å². The summed E-state index contributed by atoms with van der Waals surface area (Å²) in [6.45, 7) is 6.14. The summed E-state index contributed by atoms with van der Waals surface area (Å²) in [5.74, 6) is 0.507. The predicted octanol–water partition coefficient (Wildman–Crippen LogP) is 3.57. The van der Waals surface area contributed by atoms with Gasteiger partial charge >= 0.3 is 0 Å². The van der Waals surface area contributed by atoms with Gasteiger partial charge < -0.3 is 5.73 Å². The van der Waals surface area contributed by atoms with Crippen molar-refractivity contribution in [3.63, 3.8) is 0 Å². The molecule has 15 heavy (non-hydrogen) atoms. The topological polar surface area (TPSA) is 26.0 Å². The average Bonchev–Trinajstić information content (AvgIpc) is 2.18. The molecule has 1 atom stereocenters. The Hall–Kier alpha value is -0.890. The molecule has 0 radical (unpaired) electrons. The summed E-state index contributed by atoms with van der Waals surface area (Å²) in [4.78, 5) is 0. The van der Waals surface area contributed by atoms with Crippen LogP contribution in [0.25, 0.3) is 0 Å². The molecular weight excluding hydrogens is 189 g/mol. The van der Waals surface area contributed by atoms with Gasteiger partial charge in [0.2, 0.25) is 0 Å². The standard InChI is InChI=1S/C13H20FN/c1-9(2)4-7-13(15)11-5-6-12(14)10(3)8-11/h5-6,8-9,13H,4,7,15H2,1-3H3. The van der Waals surface area contributed by atoms with Crippen molar-refractivity contribution in [3.05, 3.63) is 35.1 Å². The number of hydrogen-bond acceptors (Lipinski definition) is 1. The van der Waals surface area contributed by atoms with E-state index in [-0.39, 0.29) is 11.9 Å². The van der Waals surface area contributed by atoms with Crippen LogP contribution in [-0.4, -0.2) is 0 Å². The van der Waals surface area contributed by atoms with Gasteiger partial charge in [-0.2, -0.15) is 0 Å². The third-order valence-electron chi connectivity index (χ3n) is 2.67. The van der Waals surface area contributed by atoms with E-state index in [0.29, 0.717) is 11.5 Å². The van der Waals surface area contributed by atoms with Crippen molar-refractivity contribution in [2.75, 3.05) is 0 Å². The van der Waals surface area contributed by atoms with E-state index in [0.717, 1.165) is 18.4 Å². The minimum Gasteiger partial charge on any atom is -0.324 e. The molecule has 1 rings (SSSR count). The summed E-state index contributed by atoms with van der Waals surface area (Å²) < 4.78 is 13.0. The largest absolute Gasteiger partial charge is 0.324 e. The van der Waals surface area contributed by atoms with Gasteiger partial charge in [-0.1, -0.05) is 26.0 Å². The van der Waals surface area contributed by atoms with Gasteiger partial charge in [0.1, 0.15) is 5.82 Å². The molecule has 0 aliphatic heterocycles. The highest BCUT2D eigenvalue weighted by Crippen LogP contribution is 2.20. The second-order valence-electron chi connectivity index (χ2n) is 4.59. The number of halogens is 1. The van der Waals surface area contributed by atoms with E-state index >= 15 is 0 Å². The Kier molecular flexibility index (Phi) is 4.28. The number of rotatable bonds is 4. The van der Waals surface area contributed by atoms with Crippen LogP contribution in [0.5, 0.6) is 0 Å². The summed E-state index contributed by atoms with van der Waals surface area (Å²) in [5, 5.41) is 0. The maximum Gasteiger partial charge on any atom is 0.126 e. The van der Waals surface area contributed by atoms with Crippen LogP contribution >= 0.6 is 0 Å². The van der Waals surface area contributed by atoms with E-state index in [1.807, 2.05) is 6.07 Å². The molecule has 0 saturated heterocycles. The molecule has 0 saturated carbocycles. The molecule has 1 aromatic carbocycles. The zero-order chi connectivity index (χ0) is 11.4. The van der Waals surface area contributed by atoms with Gasteiger partial charge in [-0.25, -0.2) is 4.39 Å². The fourth-order valence-corrected chi connectivity index (χ4v) is 1.58. The normalized spacial score (nSPS) is 13.2. The first-order chi connectivity index (χ1) is 7.00. The molecule has 0 heterocycles. The Balaban J connectivity index is 2.65. The van der Waals surface area contributed by atoms with Gasteiger partial charge in [0.05, 0.1) is 0 Å². The number of aryl methyl sites for hydroxylation is 1. The molecule has 0 aliphatic carbocycles. The lowest BCUT2D eigenvalue weighted by molar-refractivity contribution is 0.506. The van der Waals surface area contributed by atoms with Crippen molar-refractivity contribution in [3.8, 4) is 0 Å². The zero-order valence-corrected chi connectivity index (χ0v) is 9.76. The Morgan fingerprint density at radius 1 is 1.27 bits per heavy atom. The first-order valence-electron chi connectivity index (χ1n) is 5.52. The number of nitrogens with two attached hydrogens (primary N) is 1. The Morgan fingerprint density at radius 2 is 1.93 bits per heavy atom. The van der Waals surface area contributed by atoms with E-state index in [4.69, 9.17) is 5.73 Å². The molecule has 2 heteroatoms. The highest BCUT2D eigenvalue weighted by Gasteiger charge is 2.08. The van der Waals surface area contributed by atoms with Crippen molar-refractivity contribution in [1.29, 1.82) is 0 Å². The van der Waals surface area contributed by atoms with Crippen LogP contribution in [0.4, 0.5) is 4.39 Å². The van der Waals surface area contributed by atoms with E-state index in [1.54, 1.807) is 13.0 Å². The maximum absolute atomic E-state index is 13.0. The quantitative estimate of drug-likeness (QED) is 0.806. The maximum atomic E-state index is 13.0. The van der Waals surface area contributed by atoms with Crippen LogP contribution in [0.1, 0.15) is 43.9 Å². The molecule has 1 unspecified atom stereocenters. The lowest BCUT2D eigenvalue weighted by Gasteiger charge is -2.14. The molecule has 1 nitrogen and oxygen atoms in total. The van der Waals surface area contributed by atoms with Gasteiger partial charge in [-0.05, 0) is 42.9 Å². The Morgan fingerprint density at radius 3 is 2.47 bits per heavy atom. The van der Waals surface area contributed by atoms with Gasteiger partial charge in [-0.15, -0.1) is 0 Å². The fourth-order valence-electron chi connectivity index (χ4n) is 1.58. The van der Waals surface area contributed by atoms with Crippen molar-refractivity contribution < 1.29 is 4.39 Å². The number of benzene rings is 1. The Bertz CT molecular complexity index is 320. The Labute approximate surface area is 91.5 Å². The van der Waals surface area contributed by atoms with E-state index in [9.17, 15) is 4.39 Å². The minimum atomic E-state index is -0.158. The average molecular weight is 209 g/mol. The summed E-state index contributed by atoms with van der Waals surface area (Å²) in [6.07, 6.45) is 2.07. The second-order valence-corrected chi connectivity index (χ2v) is 4.59. The first kappa shape index (κ1) is 12.2. The van der Waals surface area contributed by atoms with Crippen LogP contribution in [0.3, 0.4) is 0 Å². The summed E-state index contributed by atoms with van der Waals surface area (Å²) in [7, 11) is 0. The van der Waals surface area contributed by atoms with Gasteiger partial charge in [-0.3, -0.25) is 0 Å². The van der Waals surface area contributed by atoms with Crippen molar-refractivity contribution in [1.82, 2.24) is 0 Å². The van der Waals surface area contributed by atoms with E-state index in [2.05, 4.69) is 13.8 Å². The lowest BCUT2D eigenvalue weighted by Crippen LogP contribution is -2.11. The monoisotopic (exact) mass is 209 g/mol. The van der Waals surface area contributed by atoms with Crippen LogP contribution in [-0.2, 0) is 0 Å². The van der Waals surface area contributed by atoms with E-state index < -0.39 is 0 Å². The highest BCUT2D eigenvalue weighted by atomic mass is 19.1. The second kappa shape index (κ2) is 5.26. The van der Waals surface area contributed by atoms with Crippen molar-refractivity contribution in [2.24, 2.45) is 11.7 Å². The first-order valence-corrected chi connectivity index (χ1v) is 5.52. The molecule has 84 valence electrons. The van der Waals surface area contributed by atoms with Crippen molar-refractivity contribution in [2.45, 2.75) is 39.7 Å². The molecule has 2 N–H and O–H groups in total. The van der Waals surface area contributed by atoms with Gasteiger partial charge in [0.15, 0.2) is 0 Å². The van der Waals surface area contributed by atoms with Crippen LogP contribution in [0.15, 0.2) is 18.2 Å².